The summed E-state index contributed by atoms with van der Waals surface area (Å²) in [5.74, 6) is -1.16. The second kappa shape index (κ2) is 9.23. The lowest BCUT2D eigenvalue weighted by Gasteiger charge is -2.25. The molecule has 1 aliphatic rings. The van der Waals surface area contributed by atoms with Crippen LogP contribution in [0.25, 0.3) is 10.2 Å². The van der Waals surface area contributed by atoms with Crippen LogP contribution in [0.4, 0.5) is 0 Å². The second-order valence-corrected chi connectivity index (χ2v) is 11.3. The van der Waals surface area contributed by atoms with E-state index in [1.165, 1.54) is 5.56 Å². The Morgan fingerprint density at radius 3 is 2.45 bits per heavy atom. The van der Waals surface area contributed by atoms with Crippen LogP contribution in [0.1, 0.15) is 34.5 Å². The summed E-state index contributed by atoms with van der Waals surface area (Å²) in [4.78, 5) is 29.5. The zero-order chi connectivity index (χ0) is 23.6. The molecule has 1 aromatic heterocycles. The third-order valence-electron chi connectivity index (χ3n) is 6.34. The Bertz CT molecular complexity index is 1150. The summed E-state index contributed by atoms with van der Waals surface area (Å²) in [6.07, 6.45) is 2.88. The number of aromatic nitrogens is 1. The van der Waals surface area contributed by atoms with E-state index in [9.17, 15) is 14.7 Å². The lowest BCUT2D eigenvalue weighted by Crippen LogP contribution is -2.43. The van der Waals surface area contributed by atoms with Crippen molar-refractivity contribution in [3.8, 4) is 0 Å². The Morgan fingerprint density at radius 2 is 1.82 bits per heavy atom. The van der Waals surface area contributed by atoms with Crippen molar-refractivity contribution in [2.45, 2.75) is 38.6 Å². The molecular weight excluding hydrogens is 434 g/mol. The molecule has 33 heavy (non-hydrogen) atoms. The molecule has 0 saturated heterocycles. The molecule has 0 atom stereocenters. The monoisotopic (exact) mass is 466 g/mol. The van der Waals surface area contributed by atoms with Crippen LogP contribution in [-0.2, 0) is 35.4 Å². The van der Waals surface area contributed by atoms with Crippen LogP contribution in [0.2, 0.25) is 0 Å². The maximum atomic E-state index is 13.2. The van der Waals surface area contributed by atoms with Crippen LogP contribution in [0.15, 0.2) is 42.5 Å². The van der Waals surface area contributed by atoms with Crippen LogP contribution in [0.3, 0.4) is 0 Å². The minimum absolute atomic E-state index is 0.177. The van der Waals surface area contributed by atoms with Gasteiger partial charge in [0, 0.05) is 6.42 Å². The lowest BCUT2D eigenvalue weighted by atomic mass is 9.80. The number of quaternary nitrogens is 1. The van der Waals surface area contributed by atoms with Gasteiger partial charge in [-0.2, -0.15) is 0 Å². The molecule has 0 radical (unpaired) electrons. The molecule has 1 amide bonds. The van der Waals surface area contributed by atoms with Crippen molar-refractivity contribution in [2.24, 2.45) is 5.41 Å². The van der Waals surface area contributed by atoms with E-state index in [0.29, 0.717) is 19.4 Å². The van der Waals surface area contributed by atoms with E-state index in [4.69, 9.17) is 4.98 Å². The number of fused-ring (bicyclic) bond motifs is 2. The highest BCUT2D eigenvalue weighted by atomic mass is 32.1. The van der Waals surface area contributed by atoms with Gasteiger partial charge in [-0.3, -0.25) is 9.59 Å². The van der Waals surface area contributed by atoms with Crippen molar-refractivity contribution >= 4 is 33.4 Å². The van der Waals surface area contributed by atoms with Crippen molar-refractivity contribution in [3.05, 3.63) is 64.2 Å². The highest BCUT2D eigenvalue weighted by Gasteiger charge is 2.45. The fourth-order valence-corrected chi connectivity index (χ4v) is 5.59. The maximum Gasteiger partial charge on any atom is 0.304 e. The highest BCUT2D eigenvalue weighted by molar-refractivity contribution is 7.18. The van der Waals surface area contributed by atoms with Crippen LogP contribution in [0, 0.1) is 5.41 Å². The van der Waals surface area contributed by atoms with E-state index in [1.54, 1.807) is 11.3 Å². The number of aryl methyl sites for hydroxylation is 1. The first-order valence-electron chi connectivity index (χ1n) is 11.4. The Labute approximate surface area is 198 Å². The molecule has 0 bridgehead atoms. The molecule has 1 aliphatic carbocycles. The van der Waals surface area contributed by atoms with Crippen molar-refractivity contribution in [1.29, 1.82) is 0 Å². The minimum atomic E-state index is -0.948. The topological polar surface area (TPSA) is 79.3 Å². The lowest BCUT2D eigenvalue weighted by molar-refractivity contribution is -0.870. The third kappa shape index (κ3) is 5.60. The van der Waals surface area contributed by atoms with Crippen molar-refractivity contribution in [3.63, 3.8) is 0 Å². The fraction of sp³-hybridized carbons (Fsp3) is 0.423. The van der Waals surface area contributed by atoms with Gasteiger partial charge >= 0.3 is 5.97 Å². The van der Waals surface area contributed by atoms with E-state index in [-0.39, 0.29) is 12.3 Å². The van der Waals surface area contributed by atoms with Crippen LogP contribution < -0.4 is 5.32 Å². The number of amides is 1. The fourth-order valence-electron chi connectivity index (χ4n) is 4.70. The number of nitrogens with zero attached hydrogens (tertiary/aromatic N) is 2. The first-order valence-corrected chi connectivity index (χ1v) is 12.2. The van der Waals surface area contributed by atoms with Crippen molar-refractivity contribution in [2.75, 3.05) is 27.7 Å². The van der Waals surface area contributed by atoms with E-state index in [1.807, 2.05) is 24.3 Å². The standard InChI is InChI=1S/C26H31N3O3S/c1-29(2,3)12-6-7-18-10-11-22-21(13-18)28-23(33-22)17-27-25(32)26(16-24(30)31)14-19-8-4-5-9-20(19)15-26/h4-5,8-11,13H,6-7,12,14-17H2,1-3H3,(H-,27,30,31,32)/p+1. The molecule has 0 spiro atoms. The van der Waals surface area contributed by atoms with Gasteiger partial charge in [0.25, 0.3) is 0 Å². The van der Waals surface area contributed by atoms with Gasteiger partial charge in [0.05, 0.1) is 56.3 Å². The number of carbonyl (C=O) groups is 2. The molecule has 0 aliphatic heterocycles. The Hall–Kier alpha value is -2.77. The number of carboxylic acid groups (broad SMARTS) is 1. The Morgan fingerprint density at radius 1 is 1.12 bits per heavy atom. The van der Waals surface area contributed by atoms with Crippen molar-refractivity contribution in [1.82, 2.24) is 10.3 Å². The van der Waals surface area contributed by atoms with Gasteiger partial charge in [-0.05, 0) is 48.1 Å². The van der Waals surface area contributed by atoms with Gasteiger partial charge in [-0.25, -0.2) is 4.98 Å². The molecule has 0 saturated carbocycles. The molecule has 1 heterocycles. The number of benzene rings is 2. The Kier molecular flexibility index (Phi) is 6.54. The summed E-state index contributed by atoms with van der Waals surface area (Å²) in [6, 6.07) is 14.3. The number of hydrogen-bond donors (Lipinski definition) is 2. The van der Waals surface area contributed by atoms with E-state index in [0.717, 1.165) is 50.2 Å². The molecule has 2 aromatic carbocycles. The molecule has 4 rings (SSSR count). The van der Waals surface area contributed by atoms with Crippen molar-refractivity contribution < 1.29 is 19.2 Å². The molecule has 0 unspecified atom stereocenters. The van der Waals surface area contributed by atoms with Gasteiger partial charge in [-0.15, -0.1) is 11.3 Å². The number of nitrogens with one attached hydrogen (secondary N) is 1. The third-order valence-corrected chi connectivity index (χ3v) is 7.37. The van der Waals surface area contributed by atoms with Gasteiger partial charge in [-0.1, -0.05) is 30.3 Å². The summed E-state index contributed by atoms with van der Waals surface area (Å²) in [5, 5.41) is 13.3. The SMILES string of the molecule is C[N+](C)(C)CCCc1ccc2sc(CNC(=O)C3(CC(=O)O)Cc4ccccc4C3)nc2c1. The summed E-state index contributed by atoms with van der Waals surface area (Å²) in [5.41, 5.74) is 3.42. The normalized spacial score (nSPS) is 14.9. The van der Waals surface area contributed by atoms with E-state index >= 15 is 0 Å². The van der Waals surface area contributed by atoms with E-state index < -0.39 is 11.4 Å². The zero-order valence-electron chi connectivity index (χ0n) is 19.6. The van der Waals surface area contributed by atoms with Crippen LogP contribution in [-0.4, -0.2) is 54.1 Å². The number of hydrogen-bond acceptors (Lipinski definition) is 4. The molecule has 2 N–H and O–H groups in total. The quantitative estimate of drug-likeness (QED) is 0.470. The van der Waals surface area contributed by atoms with Gasteiger partial charge in [0.2, 0.25) is 5.91 Å². The largest absolute Gasteiger partial charge is 0.481 e. The smallest absolute Gasteiger partial charge is 0.304 e. The van der Waals surface area contributed by atoms with Gasteiger partial charge < -0.3 is 14.9 Å². The minimum Gasteiger partial charge on any atom is -0.481 e. The van der Waals surface area contributed by atoms with Gasteiger partial charge in [0.1, 0.15) is 5.01 Å². The molecule has 0 fully saturated rings. The number of rotatable bonds is 9. The van der Waals surface area contributed by atoms with Crippen LogP contribution in [0.5, 0.6) is 0 Å². The van der Waals surface area contributed by atoms with Gasteiger partial charge in [0.15, 0.2) is 0 Å². The van der Waals surface area contributed by atoms with Crippen LogP contribution >= 0.6 is 11.3 Å². The number of thiazole rings is 1. The van der Waals surface area contributed by atoms with E-state index in [2.05, 4.69) is 44.7 Å². The molecular formula is C26H32N3O3S+. The summed E-state index contributed by atoms with van der Waals surface area (Å²) in [6.45, 7) is 1.43. The summed E-state index contributed by atoms with van der Waals surface area (Å²) < 4.78 is 2.06. The number of carbonyl (C=O) groups excluding carboxylic acids is 1. The average Bonchev–Trinajstić information content (AvgIpc) is 3.31. The average molecular weight is 467 g/mol. The Balaban J connectivity index is 1.42. The first kappa shape index (κ1) is 23.4. The molecule has 174 valence electrons. The molecule has 6 nitrogen and oxygen atoms in total. The predicted molar refractivity (Wildman–Crippen MR) is 131 cm³/mol. The second-order valence-electron chi connectivity index (χ2n) is 10.2. The summed E-state index contributed by atoms with van der Waals surface area (Å²) >= 11 is 1.57. The molecule has 7 heteroatoms. The maximum absolute atomic E-state index is 13.2. The predicted octanol–water partition coefficient (Wildman–Crippen LogP) is 3.81. The zero-order valence-corrected chi connectivity index (χ0v) is 20.4. The number of carboxylic acids is 1. The number of aliphatic carboxylic acids is 1. The summed E-state index contributed by atoms with van der Waals surface area (Å²) in [7, 11) is 6.61. The molecule has 3 aromatic rings. The first-order chi connectivity index (χ1) is 15.6. The highest BCUT2D eigenvalue weighted by Crippen LogP contribution is 2.40.